The Kier molecular flexibility index (Phi) is 2.76. The van der Waals surface area contributed by atoms with Crippen molar-refractivity contribution in [3.63, 3.8) is 0 Å². The maximum absolute atomic E-state index is 9.36. The van der Waals surface area contributed by atoms with Crippen LogP contribution in [-0.4, -0.2) is 15.3 Å². The first kappa shape index (κ1) is 10.5. The van der Waals surface area contributed by atoms with Gasteiger partial charge < -0.3 is 14.3 Å². The van der Waals surface area contributed by atoms with E-state index in [9.17, 15) is 5.11 Å². The molecule has 5 nitrogen and oxygen atoms in total. The van der Waals surface area contributed by atoms with Gasteiger partial charge in [-0.1, -0.05) is 0 Å². The predicted molar refractivity (Wildman–Crippen MR) is 56.2 cm³/mol. The fourth-order valence-corrected chi connectivity index (χ4v) is 1.35. The highest BCUT2D eigenvalue weighted by molar-refractivity contribution is 5.36. The molecular formula is C11H12N2O3. The zero-order valence-corrected chi connectivity index (χ0v) is 9.10. The highest BCUT2D eigenvalue weighted by Crippen LogP contribution is 2.21. The summed E-state index contributed by atoms with van der Waals surface area (Å²) in [5.74, 6) is 1.68. The van der Waals surface area contributed by atoms with Crippen molar-refractivity contribution in [1.29, 1.82) is 0 Å². The molecule has 0 aliphatic heterocycles. The normalized spacial score (nSPS) is 10.4. The van der Waals surface area contributed by atoms with Crippen LogP contribution in [0.1, 0.15) is 17.3 Å². The quantitative estimate of drug-likeness (QED) is 0.856. The van der Waals surface area contributed by atoms with Crippen LogP contribution in [-0.2, 0) is 6.61 Å². The summed E-state index contributed by atoms with van der Waals surface area (Å²) in [4.78, 5) is 0. The summed E-state index contributed by atoms with van der Waals surface area (Å²) in [5, 5.41) is 16.9. The molecular weight excluding hydrogens is 208 g/mol. The van der Waals surface area contributed by atoms with Crippen molar-refractivity contribution in [2.24, 2.45) is 0 Å². The predicted octanol–water partition coefficient (Wildman–Crippen LogP) is 1.97. The van der Waals surface area contributed by atoms with Crippen LogP contribution in [0.5, 0.6) is 11.5 Å². The van der Waals surface area contributed by atoms with Gasteiger partial charge in [0.2, 0.25) is 5.89 Å². The second-order valence-corrected chi connectivity index (χ2v) is 3.51. The molecule has 0 aliphatic rings. The Hall–Kier alpha value is -2.04. The summed E-state index contributed by atoms with van der Waals surface area (Å²) >= 11 is 0. The molecule has 0 unspecified atom stereocenters. The molecule has 0 amide bonds. The zero-order valence-electron chi connectivity index (χ0n) is 9.10. The van der Waals surface area contributed by atoms with E-state index in [0.717, 1.165) is 5.56 Å². The minimum absolute atomic E-state index is 0.178. The lowest BCUT2D eigenvalue weighted by Crippen LogP contribution is -1.95. The Morgan fingerprint density at radius 2 is 2.06 bits per heavy atom. The van der Waals surface area contributed by atoms with Crippen LogP contribution in [0.15, 0.2) is 22.6 Å². The van der Waals surface area contributed by atoms with E-state index in [1.54, 1.807) is 13.0 Å². The molecule has 2 rings (SSSR count). The molecule has 0 bridgehead atoms. The van der Waals surface area contributed by atoms with Crippen molar-refractivity contribution in [3.05, 3.63) is 35.5 Å². The van der Waals surface area contributed by atoms with Gasteiger partial charge in [0, 0.05) is 13.0 Å². The number of phenolic OH excluding ortho intramolecular Hbond substituents is 1. The minimum atomic E-state index is 0.178. The van der Waals surface area contributed by atoms with Crippen molar-refractivity contribution in [2.45, 2.75) is 20.5 Å². The summed E-state index contributed by atoms with van der Waals surface area (Å²) in [6, 6.07) is 5.02. The molecule has 16 heavy (non-hydrogen) atoms. The van der Waals surface area contributed by atoms with Crippen molar-refractivity contribution in [3.8, 4) is 11.5 Å². The third kappa shape index (κ3) is 2.50. The van der Waals surface area contributed by atoms with Gasteiger partial charge in [0.15, 0.2) is 6.61 Å². The fraction of sp³-hybridized carbons (Fsp3) is 0.273. The number of hydrogen-bond acceptors (Lipinski definition) is 5. The van der Waals surface area contributed by atoms with Gasteiger partial charge in [-0.25, -0.2) is 0 Å². The molecule has 1 heterocycles. The number of ether oxygens (including phenoxy) is 1. The molecule has 2 aromatic rings. The van der Waals surface area contributed by atoms with Gasteiger partial charge in [0.1, 0.15) is 11.5 Å². The number of benzene rings is 1. The van der Waals surface area contributed by atoms with E-state index in [4.69, 9.17) is 9.15 Å². The van der Waals surface area contributed by atoms with Crippen molar-refractivity contribution >= 4 is 0 Å². The SMILES string of the molecule is Cc1cc(O)cc(OCc2nnc(C)o2)c1. The summed E-state index contributed by atoms with van der Waals surface area (Å²) < 4.78 is 10.6. The highest BCUT2D eigenvalue weighted by atomic mass is 16.5. The molecule has 0 spiro atoms. The van der Waals surface area contributed by atoms with E-state index in [1.807, 2.05) is 13.0 Å². The monoisotopic (exact) mass is 220 g/mol. The second-order valence-electron chi connectivity index (χ2n) is 3.51. The molecule has 1 N–H and O–H groups in total. The first-order valence-corrected chi connectivity index (χ1v) is 4.86. The lowest BCUT2D eigenvalue weighted by Gasteiger charge is -2.04. The van der Waals surface area contributed by atoms with Gasteiger partial charge in [0.25, 0.3) is 5.89 Å². The number of aromatic hydroxyl groups is 1. The molecule has 1 aromatic carbocycles. The molecule has 0 atom stereocenters. The third-order valence-electron chi connectivity index (χ3n) is 1.97. The number of phenols is 1. The average molecular weight is 220 g/mol. The molecule has 0 radical (unpaired) electrons. The van der Waals surface area contributed by atoms with Gasteiger partial charge in [-0.05, 0) is 24.6 Å². The Labute approximate surface area is 92.7 Å². The standard InChI is InChI=1S/C11H12N2O3/c1-7-3-9(14)5-10(4-7)15-6-11-13-12-8(2)16-11/h3-5,14H,6H2,1-2H3. The Morgan fingerprint density at radius 3 is 2.69 bits per heavy atom. The van der Waals surface area contributed by atoms with Crippen LogP contribution < -0.4 is 4.74 Å². The lowest BCUT2D eigenvalue weighted by atomic mass is 10.2. The summed E-state index contributed by atoms with van der Waals surface area (Å²) in [7, 11) is 0. The second kappa shape index (κ2) is 4.22. The van der Waals surface area contributed by atoms with E-state index in [0.29, 0.717) is 17.5 Å². The topological polar surface area (TPSA) is 68.4 Å². The molecule has 84 valence electrons. The maximum Gasteiger partial charge on any atom is 0.253 e. The highest BCUT2D eigenvalue weighted by Gasteiger charge is 2.04. The van der Waals surface area contributed by atoms with Crippen LogP contribution >= 0.6 is 0 Å². The van der Waals surface area contributed by atoms with E-state index < -0.39 is 0 Å². The first-order chi connectivity index (χ1) is 7.63. The first-order valence-electron chi connectivity index (χ1n) is 4.86. The minimum Gasteiger partial charge on any atom is -0.508 e. The summed E-state index contributed by atoms with van der Waals surface area (Å²) in [6.45, 7) is 3.79. The van der Waals surface area contributed by atoms with Crippen molar-refractivity contribution < 1.29 is 14.3 Å². The van der Waals surface area contributed by atoms with E-state index >= 15 is 0 Å². The molecule has 0 saturated heterocycles. The van der Waals surface area contributed by atoms with Crippen molar-refractivity contribution in [2.75, 3.05) is 0 Å². The van der Waals surface area contributed by atoms with Gasteiger partial charge >= 0.3 is 0 Å². The lowest BCUT2D eigenvalue weighted by molar-refractivity contribution is 0.259. The van der Waals surface area contributed by atoms with Crippen LogP contribution in [0.2, 0.25) is 0 Å². The number of aromatic nitrogens is 2. The largest absolute Gasteiger partial charge is 0.508 e. The summed E-state index contributed by atoms with van der Waals surface area (Å²) in [5.41, 5.74) is 0.928. The molecule has 5 heteroatoms. The maximum atomic E-state index is 9.36. The van der Waals surface area contributed by atoms with Crippen LogP contribution in [0.25, 0.3) is 0 Å². The number of hydrogen-bond donors (Lipinski definition) is 1. The third-order valence-corrected chi connectivity index (χ3v) is 1.97. The van der Waals surface area contributed by atoms with Crippen LogP contribution in [0, 0.1) is 13.8 Å². The Balaban J connectivity index is 2.04. The van der Waals surface area contributed by atoms with E-state index in [-0.39, 0.29) is 12.4 Å². The van der Waals surface area contributed by atoms with Crippen molar-refractivity contribution in [1.82, 2.24) is 10.2 Å². The van der Waals surface area contributed by atoms with Crippen LogP contribution in [0.3, 0.4) is 0 Å². The van der Waals surface area contributed by atoms with Gasteiger partial charge in [0.05, 0.1) is 0 Å². The molecule has 0 fully saturated rings. The number of aryl methyl sites for hydroxylation is 2. The van der Waals surface area contributed by atoms with E-state index in [1.165, 1.54) is 6.07 Å². The van der Waals surface area contributed by atoms with Gasteiger partial charge in [-0.2, -0.15) is 0 Å². The number of nitrogens with zero attached hydrogens (tertiary/aromatic N) is 2. The van der Waals surface area contributed by atoms with Gasteiger partial charge in [-0.3, -0.25) is 0 Å². The molecule has 1 aromatic heterocycles. The van der Waals surface area contributed by atoms with E-state index in [2.05, 4.69) is 10.2 Å². The van der Waals surface area contributed by atoms with Gasteiger partial charge in [-0.15, -0.1) is 10.2 Å². The Morgan fingerprint density at radius 1 is 1.25 bits per heavy atom. The van der Waals surface area contributed by atoms with Crippen LogP contribution in [0.4, 0.5) is 0 Å². The smallest absolute Gasteiger partial charge is 0.253 e. The Bertz CT molecular complexity index is 473. The zero-order chi connectivity index (χ0) is 11.5. The number of rotatable bonds is 3. The fourth-order valence-electron chi connectivity index (χ4n) is 1.35. The summed E-state index contributed by atoms with van der Waals surface area (Å²) in [6.07, 6.45) is 0. The molecule has 0 saturated carbocycles. The molecule has 0 aliphatic carbocycles. The average Bonchev–Trinajstić information content (AvgIpc) is 2.60.